The predicted octanol–water partition coefficient (Wildman–Crippen LogP) is 2.85. The SMILES string of the molecule is CN(C)c1ccc(N2CCN(S(=O)(=O)c3ccc(Oc4ccccc4)cc3)CC2)nn1. The van der Waals surface area contributed by atoms with Crippen molar-refractivity contribution in [2.75, 3.05) is 50.1 Å². The van der Waals surface area contributed by atoms with E-state index in [0.717, 1.165) is 11.6 Å². The number of benzene rings is 2. The molecule has 0 N–H and O–H groups in total. The van der Waals surface area contributed by atoms with Gasteiger partial charge < -0.3 is 14.5 Å². The topological polar surface area (TPSA) is 78.9 Å². The third-order valence-electron chi connectivity index (χ3n) is 5.10. The summed E-state index contributed by atoms with van der Waals surface area (Å²) < 4.78 is 33.4. The van der Waals surface area contributed by atoms with Crippen LogP contribution in [0, 0.1) is 0 Å². The Labute approximate surface area is 182 Å². The van der Waals surface area contributed by atoms with E-state index in [-0.39, 0.29) is 4.90 Å². The lowest BCUT2D eigenvalue weighted by molar-refractivity contribution is 0.383. The zero-order valence-corrected chi connectivity index (χ0v) is 18.4. The van der Waals surface area contributed by atoms with Crippen molar-refractivity contribution in [3.8, 4) is 11.5 Å². The molecule has 31 heavy (non-hydrogen) atoms. The summed E-state index contributed by atoms with van der Waals surface area (Å²) in [7, 11) is 0.254. The van der Waals surface area contributed by atoms with Gasteiger partial charge >= 0.3 is 0 Å². The monoisotopic (exact) mass is 439 g/mol. The molecule has 0 saturated carbocycles. The molecule has 0 spiro atoms. The van der Waals surface area contributed by atoms with Gasteiger partial charge in [-0.05, 0) is 48.5 Å². The average molecular weight is 440 g/mol. The molecule has 0 amide bonds. The van der Waals surface area contributed by atoms with Gasteiger partial charge in [0.2, 0.25) is 10.0 Å². The molecule has 2 aromatic carbocycles. The number of para-hydroxylation sites is 1. The Morgan fingerprint density at radius 2 is 1.45 bits per heavy atom. The Hall–Kier alpha value is -3.17. The second-order valence-corrected chi connectivity index (χ2v) is 9.36. The average Bonchev–Trinajstić information content (AvgIpc) is 2.80. The highest BCUT2D eigenvalue weighted by molar-refractivity contribution is 7.89. The quantitative estimate of drug-likeness (QED) is 0.584. The fourth-order valence-corrected chi connectivity index (χ4v) is 4.76. The second-order valence-electron chi connectivity index (χ2n) is 7.42. The fraction of sp³-hybridized carbons (Fsp3) is 0.273. The fourth-order valence-electron chi connectivity index (χ4n) is 3.34. The molecule has 1 aromatic heterocycles. The smallest absolute Gasteiger partial charge is 0.243 e. The lowest BCUT2D eigenvalue weighted by Gasteiger charge is -2.34. The molecule has 0 bridgehead atoms. The van der Waals surface area contributed by atoms with E-state index in [1.165, 1.54) is 4.31 Å². The van der Waals surface area contributed by atoms with Gasteiger partial charge in [-0.1, -0.05) is 18.2 Å². The van der Waals surface area contributed by atoms with Gasteiger partial charge in [0.15, 0.2) is 11.6 Å². The van der Waals surface area contributed by atoms with Crippen molar-refractivity contribution in [1.82, 2.24) is 14.5 Å². The minimum absolute atomic E-state index is 0.261. The van der Waals surface area contributed by atoms with Gasteiger partial charge in [-0.3, -0.25) is 0 Å². The Morgan fingerprint density at radius 3 is 2.03 bits per heavy atom. The molecule has 0 radical (unpaired) electrons. The molecular weight excluding hydrogens is 414 g/mol. The molecular formula is C22H25N5O3S. The zero-order chi connectivity index (χ0) is 21.8. The maximum Gasteiger partial charge on any atom is 0.243 e. The minimum atomic E-state index is -3.57. The van der Waals surface area contributed by atoms with Crippen LogP contribution in [0.5, 0.6) is 11.5 Å². The molecule has 8 nitrogen and oxygen atoms in total. The van der Waals surface area contributed by atoms with Crippen molar-refractivity contribution in [1.29, 1.82) is 0 Å². The summed E-state index contributed by atoms with van der Waals surface area (Å²) in [5, 5.41) is 8.46. The van der Waals surface area contributed by atoms with Crippen molar-refractivity contribution in [2.24, 2.45) is 0 Å². The Balaban J connectivity index is 1.39. The standard InChI is InChI=1S/C22H25N5O3S/c1-25(2)21-12-13-22(24-23-21)26-14-16-27(17-15-26)31(28,29)20-10-8-19(9-11-20)30-18-6-4-3-5-7-18/h3-13H,14-17H2,1-2H3. The molecule has 4 rings (SSSR count). The summed E-state index contributed by atoms with van der Waals surface area (Å²) in [6.45, 7) is 1.90. The van der Waals surface area contributed by atoms with Gasteiger partial charge in [0.05, 0.1) is 4.90 Å². The number of sulfonamides is 1. The predicted molar refractivity (Wildman–Crippen MR) is 120 cm³/mol. The molecule has 162 valence electrons. The maximum absolute atomic E-state index is 13.1. The van der Waals surface area contributed by atoms with E-state index in [2.05, 4.69) is 15.1 Å². The number of rotatable bonds is 6. The molecule has 1 aliphatic heterocycles. The third-order valence-corrected chi connectivity index (χ3v) is 7.01. The molecule has 0 unspecified atom stereocenters. The van der Waals surface area contributed by atoms with Crippen LogP contribution < -0.4 is 14.5 Å². The van der Waals surface area contributed by atoms with Gasteiger partial charge in [-0.15, -0.1) is 10.2 Å². The van der Waals surface area contributed by atoms with Crippen LogP contribution in [0.25, 0.3) is 0 Å². The minimum Gasteiger partial charge on any atom is -0.457 e. The van der Waals surface area contributed by atoms with Crippen molar-refractivity contribution in [3.05, 3.63) is 66.7 Å². The first-order valence-electron chi connectivity index (χ1n) is 10.0. The molecule has 0 atom stereocenters. The summed E-state index contributed by atoms with van der Waals surface area (Å²) in [5.74, 6) is 2.83. The van der Waals surface area contributed by atoms with Crippen LogP contribution in [0.1, 0.15) is 0 Å². The number of aromatic nitrogens is 2. The molecule has 1 aliphatic rings. The second kappa shape index (κ2) is 8.91. The van der Waals surface area contributed by atoms with Crippen LogP contribution in [-0.4, -0.2) is 63.2 Å². The van der Waals surface area contributed by atoms with E-state index in [0.29, 0.717) is 37.7 Å². The Morgan fingerprint density at radius 1 is 0.806 bits per heavy atom. The molecule has 1 fully saturated rings. The largest absolute Gasteiger partial charge is 0.457 e. The molecule has 9 heteroatoms. The molecule has 3 aromatic rings. The highest BCUT2D eigenvalue weighted by Gasteiger charge is 2.29. The number of anilines is 2. The van der Waals surface area contributed by atoms with Crippen molar-refractivity contribution in [2.45, 2.75) is 4.90 Å². The summed E-state index contributed by atoms with van der Waals surface area (Å²) in [4.78, 5) is 4.20. The van der Waals surface area contributed by atoms with E-state index in [9.17, 15) is 8.42 Å². The van der Waals surface area contributed by atoms with Gasteiger partial charge in [-0.2, -0.15) is 4.31 Å². The van der Waals surface area contributed by atoms with Crippen LogP contribution >= 0.6 is 0 Å². The van der Waals surface area contributed by atoms with Gasteiger partial charge in [0.1, 0.15) is 11.5 Å². The highest BCUT2D eigenvalue weighted by Crippen LogP contribution is 2.25. The summed E-state index contributed by atoms with van der Waals surface area (Å²) in [6, 6.07) is 19.7. The molecule has 0 aliphatic carbocycles. The lowest BCUT2D eigenvalue weighted by atomic mass is 10.3. The summed E-state index contributed by atoms with van der Waals surface area (Å²) in [6.07, 6.45) is 0. The van der Waals surface area contributed by atoms with Crippen LogP contribution in [0.15, 0.2) is 71.6 Å². The van der Waals surface area contributed by atoms with E-state index in [1.54, 1.807) is 24.3 Å². The van der Waals surface area contributed by atoms with E-state index in [4.69, 9.17) is 4.74 Å². The van der Waals surface area contributed by atoms with Gasteiger partial charge in [-0.25, -0.2) is 8.42 Å². The summed E-state index contributed by atoms with van der Waals surface area (Å²) in [5.41, 5.74) is 0. The van der Waals surface area contributed by atoms with Crippen LogP contribution in [0.3, 0.4) is 0 Å². The first-order valence-corrected chi connectivity index (χ1v) is 11.5. The maximum atomic E-state index is 13.1. The first-order chi connectivity index (χ1) is 14.9. The molecule has 1 saturated heterocycles. The number of hydrogen-bond acceptors (Lipinski definition) is 7. The van der Waals surface area contributed by atoms with Gasteiger partial charge in [0, 0.05) is 40.3 Å². The summed E-state index contributed by atoms with van der Waals surface area (Å²) >= 11 is 0. The number of hydrogen-bond donors (Lipinski definition) is 0. The first kappa shape index (κ1) is 21.1. The van der Waals surface area contributed by atoms with Crippen molar-refractivity contribution >= 4 is 21.7 Å². The number of piperazine rings is 1. The normalized spacial score (nSPS) is 15.0. The lowest BCUT2D eigenvalue weighted by Crippen LogP contribution is -2.49. The van der Waals surface area contributed by atoms with E-state index >= 15 is 0 Å². The van der Waals surface area contributed by atoms with Gasteiger partial charge in [0.25, 0.3) is 0 Å². The highest BCUT2D eigenvalue weighted by atomic mass is 32.2. The van der Waals surface area contributed by atoms with E-state index < -0.39 is 10.0 Å². The Bertz CT molecular complexity index is 1100. The molecule has 2 heterocycles. The third kappa shape index (κ3) is 4.78. The number of nitrogens with zero attached hydrogens (tertiary/aromatic N) is 5. The van der Waals surface area contributed by atoms with Crippen molar-refractivity contribution < 1.29 is 13.2 Å². The number of ether oxygens (including phenoxy) is 1. The van der Waals surface area contributed by atoms with Crippen LogP contribution in [-0.2, 0) is 10.0 Å². The van der Waals surface area contributed by atoms with Crippen LogP contribution in [0.4, 0.5) is 11.6 Å². The van der Waals surface area contributed by atoms with Crippen molar-refractivity contribution in [3.63, 3.8) is 0 Å². The zero-order valence-electron chi connectivity index (χ0n) is 17.5. The Kier molecular flexibility index (Phi) is 6.06. The van der Waals surface area contributed by atoms with Crippen LogP contribution in [0.2, 0.25) is 0 Å². The van der Waals surface area contributed by atoms with E-state index in [1.807, 2.05) is 61.5 Å².